The quantitative estimate of drug-likeness (QED) is 0.668. The van der Waals surface area contributed by atoms with Crippen LogP contribution in [0, 0.1) is 5.41 Å². The van der Waals surface area contributed by atoms with E-state index in [9.17, 15) is 0 Å². The van der Waals surface area contributed by atoms with E-state index in [2.05, 4.69) is 31.4 Å². The van der Waals surface area contributed by atoms with E-state index in [1.54, 1.807) is 0 Å². The Bertz CT molecular complexity index is 126. The van der Waals surface area contributed by atoms with Crippen LogP contribution in [0.1, 0.15) is 33.6 Å². The average molecular weight is 170 g/mol. The highest BCUT2D eigenvalue weighted by Crippen LogP contribution is 2.26. The van der Waals surface area contributed by atoms with Crippen LogP contribution in [0.4, 0.5) is 0 Å². The minimum absolute atomic E-state index is 0.447. The fourth-order valence-electron chi connectivity index (χ4n) is 2.02. The second-order valence-electron chi connectivity index (χ2n) is 4.45. The Morgan fingerprint density at radius 3 is 2.58 bits per heavy atom. The summed E-state index contributed by atoms with van der Waals surface area (Å²) in [4.78, 5) is 0. The van der Waals surface area contributed by atoms with Crippen LogP contribution in [-0.4, -0.2) is 25.7 Å². The SMILES string of the molecule is CCCC(C)(C)C1CNCCN1. The number of piperazine rings is 1. The molecule has 1 atom stereocenters. The molecule has 2 nitrogen and oxygen atoms in total. The molecule has 0 bridgehead atoms. The van der Waals surface area contributed by atoms with Crippen molar-refractivity contribution in [1.82, 2.24) is 10.6 Å². The molecule has 2 N–H and O–H groups in total. The van der Waals surface area contributed by atoms with Crippen LogP contribution in [0.2, 0.25) is 0 Å². The molecule has 0 aromatic rings. The summed E-state index contributed by atoms with van der Waals surface area (Å²) in [6.45, 7) is 10.4. The molecule has 0 amide bonds. The molecule has 1 rings (SSSR count). The number of hydrogen-bond donors (Lipinski definition) is 2. The zero-order valence-electron chi connectivity index (χ0n) is 8.61. The highest BCUT2D eigenvalue weighted by atomic mass is 15.1. The molecule has 0 aromatic carbocycles. The third-order valence-corrected chi connectivity index (χ3v) is 2.88. The van der Waals surface area contributed by atoms with Crippen LogP contribution in [-0.2, 0) is 0 Å². The molecule has 1 heterocycles. The second-order valence-corrected chi connectivity index (χ2v) is 4.45. The van der Waals surface area contributed by atoms with Crippen LogP contribution < -0.4 is 10.6 Å². The fourth-order valence-corrected chi connectivity index (χ4v) is 2.02. The van der Waals surface area contributed by atoms with Crippen molar-refractivity contribution in [2.75, 3.05) is 19.6 Å². The minimum atomic E-state index is 0.447. The van der Waals surface area contributed by atoms with E-state index in [1.807, 2.05) is 0 Å². The summed E-state index contributed by atoms with van der Waals surface area (Å²) in [5, 5.41) is 7.02. The van der Waals surface area contributed by atoms with Crippen molar-refractivity contribution in [3.05, 3.63) is 0 Å². The van der Waals surface area contributed by atoms with Crippen molar-refractivity contribution >= 4 is 0 Å². The van der Waals surface area contributed by atoms with Crippen molar-refractivity contribution in [3.8, 4) is 0 Å². The van der Waals surface area contributed by atoms with Gasteiger partial charge in [-0.05, 0) is 11.8 Å². The first-order valence-electron chi connectivity index (χ1n) is 5.11. The van der Waals surface area contributed by atoms with Crippen molar-refractivity contribution < 1.29 is 0 Å². The van der Waals surface area contributed by atoms with Gasteiger partial charge < -0.3 is 10.6 Å². The van der Waals surface area contributed by atoms with Gasteiger partial charge in [0.2, 0.25) is 0 Å². The highest BCUT2D eigenvalue weighted by molar-refractivity contribution is 4.88. The average Bonchev–Trinajstić information content (AvgIpc) is 2.06. The maximum atomic E-state index is 3.58. The van der Waals surface area contributed by atoms with Gasteiger partial charge in [0.25, 0.3) is 0 Å². The van der Waals surface area contributed by atoms with Crippen LogP contribution in [0.5, 0.6) is 0 Å². The Balaban J connectivity index is 2.41. The van der Waals surface area contributed by atoms with Gasteiger partial charge in [-0.2, -0.15) is 0 Å². The Kier molecular flexibility index (Phi) is 3.53. The molecule has 1 aliphatic rings. The zero-order chi connectivity index (χ0) is 9.03. The smallest absolute Gasteiger partial charge is 0.0244 e. The number of nitrogens with one attached hydrogen (secondary N) is 2. The second kappa shape index (κ2) is 4.24. The Hall–Kier alpha value is -0.0800. The molecular weight excluding hydrogens is 148 g/mol. The van der Waals surface area contributed by atoms with E-state index in [-0.39, 0.29) is 0 Å². The Morgan fingerprint density at radius 2 is 2.08 bits per heavy atom. The molecule has 0 aromatic heterocycles. The summed E-state index contributed by atoms with van der Waals surface area (Å²) < 4.78 is 0. The van der Waals surface area contributed by atoms with Gasteiger partial charge in [0.1, 0.15) is 0 Å². The first kappa shape index (κ1) is 10.0. The maximum absolute atomic E-state index is 3.58. The van der Waals surface area contributed by atoms with Crippen molar-refractivity contribution in [2.24, 2.45) is 5.41 Å². The molecule has 0 spiro atoms. The van der Waals surface area contributed by atoms with Crippen LogP contribution in [0.25, 0.3) is 0 Å². The van der Waals surface area contributed by atoms with Crippen LogP contribution in [0.3, 0.4) is 0 Å². The summed E-state index contributed by atoms with van der Waals surface area (Å²) in [6, 6.07) is 0.659. The molecule has 0 aliphatic carbocycles. The first-order valence-corrected chi connectivity index (χ1v) is 5.11. The van der Waals surface area contributed by atoms with Gasteiger partial charge >= 0.3 is 0 Å². The molecule has 1 unspecified atom stereocenters. The van der Waals surface area contributed by atoms with Crippen molar-refractivity contribution in [2.45, 2.75) is 39.7 Å². The Morgan fingerprint density at radius 1 is 1.33 bits per heavy atom. The lowest BCUT2D eigenvalue weighted by Crippen LogP contribution is -2.54. The summed E-state index contributed by atoms with van der Waals surface area (Å²) >= 11 is 0. The zero-order valence-corrected chi connectivity index (χ0v) is 8.61. The summed E-state index contributed by atoms with van der Waals surface area (Å²) in [5.41, 5.74) is 0.447. The van der Waals surface area contributed by atoms with E-state index in [4.69, 9.17) is 0 Å². The van der Waals surface area contributed by atoms with Crippen LogP contribution >= 0.6 is 0 Å². The molecule has 0 saturated carbocycles. The standard InChI is InChI=1S/C10H22N2/c1-4-5-10(2,3)9-8-11-6-7-12-9/h9,11-12H,4-8H2,1-3H3. The lowest BCUT2D eigenvalue weighted by molar-refractivity contribution is 0.199. The molecule has 12 heavy (non-hydrogen) atoms. The molecule has 0 radical (unpaired) electrons. The third-order valence-electron chi connectivity index (χ3n) is 2.88. The third kappa shape index (κ3) is 2.46. The van der Waals surface area contributed by atoms with Gasteiger partial charge in [0.05, 0.1) is 0 Å². The van der Waals surface area contributed by atoms with Gasteiger partial charge in [0.15, 0.2) is 0 Å². The maximum Gasteiger partial charge on any atom is 0.0244 e. The van der Waals surface area contributed by atoms with Gasteiger partial charge in [-0.1, -0.05) is 27.2 Å². The topological polar surface area (TPSA) is 24.1 Å². The van der Waals surface area contributed by atoms with Gasteiger partial charge in [-0.25, -0.2) is 0 Å². The summed E-state index contributed by atoms with van der Waals surface area (Å²) in [6.07, 6.45) is 2.59. The lowest BCUT2D eigenvalue weighted by atomic mass is 9.79. The highest BCUT2D eigenvalue weighted by Gasteiger charge is 2.29. The van der Waals surface area contributed by atoms with E-state index >= 15 is 0 Å². The van der Waals surface area contributed by atoms with E-state index in [0.717, 1.165) is 19.6 Å². The largest absolute Gasteiger partial charge is 0.314 e. The molecule has 2 heteroatoms. The molecule has 72 valence electrons. The summed E-state index contributed by atoms with van der Waals surface area (Å²) in [7, 11) is 0. The van der Waals surface area contributed by atoms with Crippen LogP contribution in [0.15, 0.2) is 0 Å². The predicted molar refractivity (Wildman–Crippen MR) is 53.3 cm³/mol. The monoisotopic (exact) mass is 170 g/mol. The van der Waals surface area contributed by atoms with E-state index in [1.165, 1.54) is 12.8 Å². The fraction of sp³-hybridized carbons (Fsp3) is 1.00. The number of hydrogen-bond acceptors (Lipinski definition) is 2. The van der Waals surface area contributed by atoms with Gasteiger partial charge in [-0.3, -0.25) is 0 Å². The van der Waals surface area contributed by atoms with E-state index in [0.29, 0.717) is 11.5 Å². The molecule has 1 aliphatic heterocycles. The van der Waals surface area contributed by atoms with Gasteiger partial charge in [0, 0.05) is 25.7 Å². The first-order chi connectivity index (χ1) is 5.67. The molecule has 1 fully saturated rings. The molecular formula is C10H22N2. The Labute approximate surface area is 76.1 Å². The summed E-state index contributed by atoms with van der Waals surface area (Å²) in [5.74, 6) is 0. The molecule has 1 saturated heterocycles. The lowest BCUT2D eigenvalue weighted by Gasteiger charge is -2.38. The van der Waals surface area contributed by atoms with E-state index < -0.39 is 0 Å². The minimum Gasteiger partial charge on any atom is -0.314 e. The normalized spacial score (nSPS) is 25.8. The van der Waals surface area contributed by atoms with Gasteiger partial charge in [-0.15, -0.1) is 0 Å². The number of rotatable bonds is 3. The van der Waals surface area contributed by atoms with Crippen molar-refractivity contribution in [3.63, 3.8) is 0 Å². The van der Waals surface area contributed by atoms with Crippen molar-refractivity contribution in [1.29, 1.82) is 0 Å². The predicted octanol–water partition coefficient (Wildman–Crippen LogP) is 1.37.